The van der Waals surface area contributed by atoms with Crippen LogP contribution >= 0.6 is 15.9 Å². The van der Waals surface area contributed by atoms with Crippen LogP contribution in [0.15, 0.2) is 10.6 Å². The fourth-order valence-corrected chi connectivity index (χ4v) is 4.89. The zero-order valence-electron chi connectivity index (χ0n) is 9.55. The van der Waals surface area contributed by atoms with E-state index in [-0.39, 0.29) is 5.60 Å². The number of epoxide rings is 1. The second-order valence-electron chi connectivity index (χ2n) is 5.70. The van der Waals surface area contributed by atoms with Gasteiger partial charge in [-0.15, -0.1) is 0 Å². The Kier molecular flexibility index (Phi) is 2.14. The Labute approximate surface area is 100 Å². The Morgan fingerprint density at radius 3 is 2.80 bits per heavy atom. The van der Waals surface area contributed by atoms with Crippen molar-refractivity contribution >= 4 is 15.9 Å². The number of hydrogen-bond acceptors (Lipinski definition) is 1. The molecule has 1 aliphatic heterocycles. The largest absolute Gasteiger partial charge is 0.366 e. The van der Waals surface area contributed by atoms with Crippen molar-refractivity contribution in [2.75, 3.05) is 0 Å². The SMILES string of the molecule is C[C@@H]1OC12CCC1/C(=C/Br)CCC[C@@]12C. The second-order valence-corrected chi connectivity index (χ2v) is 6.15. The maximum absolute atomic E-state index is 5.99. The van der Waals surface area contributed by atoms with E-state index in [0.717, 1.165) is 5.92 Å². The van der Waals surface area contributed by atoms with Crippen molar-refractivity contribution in [3.8, 4) is 0 Å². The number of hydrogen-bond donors (Lipinski definition) is 0. The zero-order valence-corrected chi connectivity index (χ0v) is 11.1. The van der Waals surface area contributed by atoms with Crippen LogP contribution in [0.4, 0.5) is 0 Å². The molecule has 1 saturated heterocycles. The Bertz CT molecular complexity index is 324. The molecule has 0 aromatic heterocycles. The van der Waals surface area contributed by atoms with E-state index >= 15 is 0 Å². The summed E-state index contributed by atoms with van der Waals surface area (Å²) in [5.41, 5.74) is 2.30. The minimum Gasteiger partial charge on any atom is -0.366 e. The van der Waals surface area contributed by atoms with Crippen LogP contribution in [0.2, 0.25) is 0 Å². The molecule has 0 amide bonds. The standard InChI is InChI=1S/C13H19BrO/c1-9-13(15-9)7-5-11-10(8-14)4-3-6-12(11,13)2/h8-9,11H,3-7H2,1-2H3/b10-8+/t9-,11?,12-,13?/m0/s1. The van der Waals surface area contributed by atoms with Gasteiger partial charge in [0, 0.05) is 5.41 Å². The summed E-state index contributed by atoms with van der Waals surface area (Å²) in [5.74, 6) is 0.774. The molecule has 1 spiro atoms. The maximum atomic E-state index is 5.99. The molecule has 0 aromatic rings. The minimum absolute atomic E-state index is 0.249. The normalized spacial score (nSPS) is 56.1. The van der Waals surface area contributed by atoms with Crippen LogP contribution in [-0.4, -0.2) is 11.7 Å². The molecule has 0 bridgehead atoms. The van der Waals surface area contributed by atoms with E-state index in [0.29, 0.717) is 11.5 Å². The summed E-state index contributed by atoms with van der Waals surface area (Å²) in [7, 11) is 0. The molecule has 1 heterocycles. The first-order valence-electron chi connectivity index (χ1n) is 6.11. The van der Waals surface area contributed by atoms with Crippen LogP contribution in [0.5, 0.6) is 0 Å². The van der Waals surface area contributed by atoms with E-state index in [1.54, 1.807) is 5.57 Å². The van der Waals surface area contributed by atoms with Gasteiger partial charge in [0.2, 0.25) is 0 Å². The van der Waals surface area contributed by atoms with Crippen LogP contribution in [0.3, 0.4) is 0 Å². The average Bonchev–Trinajstić information content (AvgIpc) is 2.78. The highest BCUT2D eigenvalue weighted by atomic mass is 79.9. The van der Waals surface area contributed by atoms with Crippen molar-refractivity contribution < 1.29 is 4.74 Å². The monoisotopic (exact) mass is 270 g/mol. The fourth-order valence-electron chi connectivity index (χ4n) is 4.35. The predicted molar refractivity (Wildman–Crippen MR) is 65.0 cm³/mol. The zero-order chi connectivity index (χ0) is 10.7. The Morgan fingerprint density at radius 2 is 2.20 bits per heavy atom. The summed E-state index contributed by atoms with van der Waals surface area (Å²) in [6.45, 7) is 4.71. The molecule has 2 unspecified atom stereocenters. The molecule has 1 nitrogen and oxygen atoms in total. The van der Waals surface area contributed by atoms with E-state index in [1.165, 1.54) is 32.1 Å². The second kappa shape index (κ2) is 3.10. The first kappa shape index (κ1) is 10.3. The van der Waals surface area contributed by atoms with E-state index in [2.05, 4.69) is 34.8 Å². The van der Waals surface area contributed by atoms with Crippen molar-refractivity contribution in [1.29, 1.82) is 0 Å². The first-order valence-corrected chi connectivity index (χ1v) is 7.02. The van der Waals surface area contributed by atoms with Gasteiger partial charge in [0.1, 0.15) is 5.60 Å². The van der Waals surface area contributed by atoms with Crippen LogP contribution in [0, 0.1) is 11.3 Å². The molecule has 2 aliphatic carbocycles. The lowest BCUT2D eigenvalue weighted by Gasteiger charge is -2.41. The lowest BCUT2D eigenvalue weighted by molar-refractivity contribution is 0.0946. The number of ether oxygens (including phenoxy) is 1. The third kappa shape index (κ3) is 1.13. The minimum atomic E-state index is 0.249. The van der Waals surface area contributed by atoms with Gasteiger partial charge >= 0.3 is 0 Å². The van der Waals surface area contributed by atoms with Crippen molar-refractivity contribution in [2.24, 2.45) is 11.3 Å². The molecule has 15 heavy (non-hydrogen) atoms. The number of rotatable bonds is 0. The molecule has 84 valence electrons. The molecule has 2 saturated carbocycles. The van der Waals surface area contributed by atoms with Crippen molar-refractivity contribution in [3.63, 3.8) is 0 Å². The van der Waals surface area contributed by atoms with Gasteiger partial charge < -0.3 is 4.74 Å². The summed E-state index contributed by atoms with van der Waals surface area (Å²) in [6, 6.07) is 0. The van der Waals surface area contributed by atoms with Crippen molar-refractivity contribution in [2.45, 2.75) is 57.7 Å². The van der Waals surface area contributed by atoms with Crippen molar-refractivity contribution in [1.82, 2.24) is 0 Å². The highest BCUT2D eigenvalue weighted by Crippen LogP contribution is 2.68. The maximum Gasteiger partial charge on any atom is 0.100 e. The quantitative estimate of drug-likeness (QED) is 0.606. The van der Waals surface area contributed by atoms with Gasteiger partial charge in [-0.1, -0.05) is 28.4 Å². The van der Waals surface area contributed by atoms with E-state index in [9.17, 15) is 0 Å². The molecular formula is C13H19BrO. The molecule has 2 heteroatoms. The third-order valence-electron chi connectivity index (χ3n) is 5.28. The summed E-state index contributed by atoms with van der Waals surface area (Å²) in [5, 5.41) is 0. The van der Waals surface area contributed by atoms with Gasteiger partial charge in [-0.3, -0.25) is 0 Å². The van der Waals surface area contributed by atoms with Gasteiger partial charge in [0.05, 0.1) is 6.10 Å². The van der Waals surface area contributed by atoms with Crippen LogP contribution in [0.25, 0.3) is 0 Å². The highest BCUT2D eigenvalue weighted by molar-refractivity contribution is 9.11. The smallest absolute Gasteiger partial charge is 0.100 e. The average molecular weight is 271 g/mol. The fraction of sp³-hybridized carbons (Fsp3) is 0.846. The van der Waals surface area contributed by atoms with Gasteiger partial charge in [0.25, 0.3) is 0 Å². The van der Waals surface area contributed by atoms with Crippen LogP contribution in [-0.2, 0) is 4.74 Å². The number of fused-ring (bicyclic) bond motifs is 2. The third-order valence-corrected chi connectivity index (χ3v) is 5.86. The topological polar surface area (TPSA) is 12.5 Å². The summed E-state index contributed by atoms with van der Waals surface area (Å²) in [4.78, 5) is 2.18. The van der Waals surface area contributed by atoms with Gasteiger partial charge in [0.15, 0.2) is 0 Å². The molecule has 0 aromatic carbocycles. The molecule has 0 radical (unpaired) electrons. The van der Waals surface area contributed by atoms with Gasteiger partial charge in [-0.25, -0.2) is 0 Å². The molecule has 3 aliphatic rings. The Balaban J connectivity index is 1.98. The van der Waals surface area contributed by atoms with Crippen molar-refractivity contribution in [3.05, 3.63) is 10.6 Å². The molecule has 4 atom stereocenters. The Hall–Kier alpha value is 0.180. The van der Waals surface area contributed by atoms with E-state index < -0.39 is 0 Å². The molecule has 3 rings (SSSR count). The summed E-state index contributed by atoms with van der Waals surface area (Å²) >= 11 is 3.54. The van der Waals surface area contributed by atoms with Gasteiger partial charge in [-0.2, -0.15) is 0 Å². The van der Waals surface area contributed by atoms with Crippen LogP contribution in [0.1, 0.15) is 46.0 Å². The molecule has 3 fully saturated rings. The highest BCUT2D eigenvalue weighted by Gasteiger charge is 2.70. The lowest BCUT2D eigenvalue weighted by atomic mass is 9.63. The van der Waals surface area contributed by atoms with Gasteiger partial charge in [-0.05, 0) is 49.9 Å². The predicted octanol–water partition coefficient (Wildman–Crippen LogP) is 4.02. The van der Waals surface area contributed by atoms with Crippen LogP contribution < -0.4 is 0 Å². The molecule has 0 N–H and O–H groups in total. The lowest BCUT2D eigenvalue weighted by Crippen LogP contribution is -2.39. The number of allylic oxidation sites excluding steroid dienone is 1. The number of halogens is 1. The first-order chi connectivity index (χ1) is 7.14. The van der Waals surface area contributed by atoms with E-state index in [1.807, 2.05) is 0 Å². The summed E-state index contributed by atoms with van der Waals surface area (Å²) in [6.07, 6.45) is 7.09. The molecular weight excluding hydrogens is 252 g/mol. The Morgan fingerprint density at radius 1 is 1.47 bits per heavy atom. The van der Waals surface area contributed by atoms with E-state index in [4.69, 9.17) is 4.74 Å². The summed E-state index contributed by atoms with van der Waals surface area (Å²) < 4.78 is 5.99.